The fourth-order valence-corrected chi connectivity index (χ4v) is 1.02. The zero-order chi connectivity index (χ0) is 8.48. The molecular weight excluding hydrogens is 150 g/mol. The predicted octanol–water partition coefficient (Wildman–Crippen LogP) is -1.85. The van der Waals surface area contributed by atoms with Gasteiger partial charge in [-0.15, -0.1) is 0 Å². The number of nitrogens with one attached hydrogen (secondary N) is 1. The third-order valence-corrected chi connectivity index (χ3v) is 1.65. The van der Waals surface area contributed by atoms with Gasteiger partial charge >= 0.3 is 0 Å². The predicted molar refractivity (Wildman–Crippen MR) is 34.4 cm³/mol. The molecule has 1 unspecified atom stereocenters. The fraction of sp³-hybridized carbons (Fsp3) is 0.667. The molecule has 0 radical (unpaired) electrons. The maximum absolute atomic E-state index is 10.8. The van der Waals surface area contributed by atoms with Crippen LogP contribution in [0.1, 0.15) is 12.8 Å². The summed E-state index contributed by atoms with van der Waals surface area (Å²) < 4.78 is 0. The van der Waals surface area contributed by atoms with Gasteiger partial charge in [0.2, 0.25) is 5.91 Å². The molecule has 1 aliphatic heterocycles. The second kappa shape index (κ2) is 2.60. The molecule has 1 saturated heterocycles. The summed E-state index contributed by atoms with van der Waals surface area (Å²) >= 11 is 0. The number of hydrogen-bond acceptors (Lipinski definition) is 4. The van der Waals surface area contributed by atoms with E-state index in [1.807, 2.05) is 5.32 Å². The van der Waals surface area contributed by atoms with Gasteiger partial charge in [-0.05, 0) is 0 Å². The maximum atomic E-state index is 10.8. The van der Waals surface area contributed by atoms with Gasteiger partial charge in [-0.25, -0.2) is 0 Å². The van der Waals surface area contributed by atoms with E-state index in [1.54, 1.807) is 0 Å². The van der Waals surface area contributed by atoms with Crippen molar-refractivity contribution in [3.63, 3.8) is 0 Å². The second-order valence-corrected chi connectivity index (χ2v) is 2.56. The average molecular weight is 159 g/mol. The zero-order valence-corrected chi connectivity index (χ0v) is 5.83. The van der Waals surface area contributed by atoms with Gasteiger partial charge < -0.3 is 10.2 Å². The maximum Gasteiger partial charge on any atom is 0.259 e. The van der Waals surface area contributed by atoms with E-state index >= 15 is 0 Å². The Morgan fingerprint density at radius 3 is 2.55 bits per heavy atom. The first-order valence-electron chi connectivity index (χ1n) is 3.26. The van der Waals surface area contributed by atoms with E-state index in [0.717, 1.165) is 0 Å². The van der Waals surface area contributed by atoms with Gasteiger partial charge in [0, 0.05) is 13.0 Å². The quantitative estimate of drug-likeness (QED) is 0.413. The lowest BCUT2D eigenvalue weighted by Gasteiger charge is -2.15. The number of rotatable bonds is 2. The first-order valence-corrected chi connectivity index (χ1v) is 3.26. The van der Waals surface area contributed by atoms with Crippen molar-refractivity contribution in [2.24, 2.45) is 0 Å². The summed E-state index contributed by atoms with van der Waals surface area (Å²) in [5.41, 5.74) is -1.67. The van der Waals surface area contributed by atoms with E-state index in [9.17, 15) is 14.7 Å². The summed E-state index contributed by atoms with van der Waals surface area (Å²) in [6.07, 6.45) is -0.336. The number of amides is 2. The summed E-state index contributed by atoms with van der Waals surface area (Å²) in [4.78, 5) is 21.4. The van der Waals surface area contributed by atoms with Crippen molar-refractivity contribution in [1.29, 1.82) is 0 Å². The first-order chi connectivity index (χ1) is 5.08. The summed E-state index contributed by atoms with van der Waals surface area (Å²) in [5, 5.41) is 19.7. The Hall–Kier alpha value is -0.940. The van der Waals surface area contributed by atoms with Crippen LogP contribution in [0, 0.1) is 0 Å². The molecule has 0 bridgehead atoms. The highest BCUT2D eigenvalue weighted by Gasteiger charge is 2.44. The van der Waals surface area contributed by atoms with Crippen molar-refractivity contribution >= 4 is 11.8 Å². The lowest BCUT2D eigenvalue weighted by molar-refractivity contribution is -0.136. The molecule has 0 aromatic carbocycles. The third kappa shape index (κ3) is 1.38. The van der Waals surface area contributed by atoms with Crippen LogP contribution in [0.25, 0.3) is 0 Å². The van der Waals surface area contributed by atoms with Crippen LogP contribution in [0.2, 0.25) is 0 Å². The van der Waals surface area contributed by atoms with E-state index in [1.165, 1.54) is 0 Å². The Morgan fingerprint density at radius 1 is 1.55 bits per heavy atom. The number of aliphatic hydroxyl groups excluding tert-OH is 1. The molecular formula is C6H9NO4. The third-order valence-electron chi connectivity index (χ3n) is 1.65. The summed E-state index contributed by atoms with van der Waals surface area (Å²) in [6.45, 7) is -0.308. The number of aliphatic hydroxyl groups is 2. The van der Waals surface area contributed by atoms with Crippen LogP contribution in [0.4, 0.5) is 0 Å². The Morgan fingerprint density at radius 2 is 2.18 bits per heavy atom. The van der Waals surface area contributed by atoms with E-state index in [4.69, 9.17) is 5.11 Å². The lowest BCUT2D eigenvalue weighted by atomic mass is 9.99. The summed E-state index contributed by atoms with van der Waals surface area (Å²) in [6, 6.07) is 0. The molecule has 5 heteroatoms. The van der Waals surface area contributed by atoms with Gasteiger partial charge in [0.25, 0.3) is 5.91 Å². The Labute approximate surface area is 63.0 Å². The van der Waals surface area contributed by atoms with Crippen LogP contribution >= 0.6 is 0 Å². The SMILES string of the molecule is O=C1CC(O)(CCO)C(=O)N1. The zero-order valence-electron chi connectivity index (χ0n) is 5.83. The van der Waals surface area contributed by atoms with Gasteiger partial charge in [0.1, 0.15) is 0 Å². The van der Waals surface area contributed by atoms with Crippen LogP contribution in [0.5, 0.6) is 0 Å². The van der Waals surface area contributed by atoms with Crippen molar-refractivity contribution < 1.29 is 19.8 Å². The lowest BCUT2D eigenvalue weighted by Crippen LogP contribution is -2.38. The van der Waals surface area contributed by atoms with E-state index in [-0.39, 0.29) is 19.4 Å². The van der Waals surface area contributed by atoms with Crippen LogP contribution in [-0.2, 0) is 9.59 Å². The average Bonchev–Trinajstić information content (AvgIpc) is 2.08. The molecule has 11 heavy (non-hydrogen) atoms. The van der Waals surface area contributed by atoms with Gasteiger partial charge in [0.15, 0.2) is 5.60 Å². The molecule has 0 aliphatic carbocycles. The highest BCUT2D eigenvalue weighted by atomic mass is 16.3. The minimum absolute atomic E-state index is 0.0927. The molecule has 2 amide bonds. The molecule has 1 heterocycles. The van der Waals surface area contributed by atoms with Crippen LogP contribution in [0.15, 0.2) is 0 Å². The molecule has 3 N–H and O–H groups in total. The first kappa shape index (κ1) is 8.16. The van der Waals surface area contributed by atoms with Gasteiger partial charge in [0.05, 0.1) is 6.42 Å². The number of carbonyl (C=O) groups excluding carboxylic acids is 2. The van der Waals surface area contributed by atoms with Crippen molar-refractivity contribution in [2.75, 3.05) is 6.61 Å². The van der Waals surface area contributed by atoms with Crippen LogP contribution < -0.4 is 5.32 Å². The minimum atomic E-state index is -1.67. The van der Waals surface area contributed by atoms with Crippen molar-refractivity contribution in [2.45, 2.75) is 18.4 Å². The molecule has 0 saturated carbocycles. The van der Waals surface area contributed by atoms with E-state index < -0.39 is 17.4 Å². The van der Waals surface area contributed by atoms with Crippen molar-refractivity contribution in [3.05, 3.63) is 0 Å². The van der Waals surface area contributed by atoms with Gasteiger partial charge in [-0.3, -0.25) is 14.9 Å². The standard InChI is InChI=1S/C6H9NO4/c8-2-1-6(11)3-4(9)7-5(6)10/h8,11H,1-3H2,(H,7,9,10). The molecule has 1 aliphatic rings. The van der Waals surface area contributed by atoms with E-state index in [0.29, 0.717) is 0 Å². The molecule has 62 valence electrons. The van der Waals surface area contributed by atoms with Gasteiger partial charge in [-0.1, -0.05) is 0 Å². The second-order valence-electron chi connectivity index (χ2n) is 2.56. The Balaban J connectivity index is 2.70. The molecule has 1 atom stereocenters. The molecule has 0 aromatic heterocycles. The topological polar surface area (TPSA) is 86.6 Å². The van der Waals surface area contributed by atoms with Crippen LogP contribution in [-0.4, -0.2) is 34.2 Å². The molecule has 1 fully saturated rings. The Kier molecular flexibility index (Phi) is 1.92. The summed E-state index contributed by atoms with van der Waals surface area (Å²) in [5.74, 6) is -1.21. The summed E-state index contributed by atoms with van der Waals surface area (Å²) in [7, 11) is 0. The normalized spacial score (nSPS) is 30.7. The van der Waals surface area contributed by atoms with Crippen LogP contribution in [0.3, 0.4) is 0 Å². The van der Waals surface area contributed by atoms with Crippen molar-refractivity contribution in [3.8, 4) is 0 Å². The monoisotopic (exact) mass is 159 g/mol. The van der Waals surface area contributed by atoms with Gasteiger partial charge in [-0.2, -0.15) is 0 Å². The highest BCUT2D eigenvalue weighted by molar-refractivity contribution is 6.07. The molecule has 5 nitrogen and oxygen atoms in total. The Bertz CT molecular complexity index is 203. The highest BCUT2D eigenvalue weighted by Crippen LogP contribution is 2.19. The molecule has 0 aromatic rings. The minimum Gasteiger partial charge on any atom is -0.396 e. The largest absolute Gasteiger partial charge is 0.396 e. The smallest absolute Gasteiger partial charge is 0.259 e. The number of imide groups is 1. The fourth-order valence-electron chi connectivity index (χ4n) is 1.02. The molecule has 0 spiro atoms. The number of hydrogen-bond donors (Lipinski definition) is 3. The number of carbonyl (C=O) groups is 2. The van der Waals surface area contributed by atoms with Crippen molar-refractivity contribution in [1.82, 2.24) is 5.32 Å². The van der Waals surface area contributed by atoms with E-state index in [2.05, 4.69) is 0 Å². The molecule has 1 rings (SSSR count).